The normalized spacial score (nSPS) is 12.4. The van der Waals surface area contributed by atoms with E-state index in [0.717, 1.165) is 11.6 Å². The average molecular weight is 500 g/mol. The number of rotatable bonds is 12. The zero-order valence-electron chi connectivity index (χ0n) is 18.8. The number of anilines is 1. The number of benzene rings is 3. The fourth-order valence-corrected chi connectivity index (χ4v) is 4.31. The summed E-state index contributed by atoms with van der Waals surface area (Å²) < 4.78 is 47.2. The maximum absolute atomic E-state index is 14.2. The molecule has 0 aliphatic carbocycles. The molecule has 0 spiro atoms. The Labute approximate surface area is 203 Å². The Morgan fingerprint density at radius 2 is 1.77 bits per heavy atom. The number of aliphatic carboxylic acids is 1. The van der Waals surface area contributed by atoms with E-state index in [1.54, 1.807) is 48.5 Å². The number of ether oxygens (including phenoxy) is 1. The Kier molecular flexibility index (Phi) is 8.99. The van der Waals surface area contributed by atoms with Crippen molar-refractivity contribution in [1.82, 2.24) is 0 Å². The summed E-state index contributed by atoms with van der Waals surface area (Å²) in [5.41, 5.74) is 1.07. The highest BCUT2D eigenvalue weighted by atomic mass is 32.2. The van der Waals surface area contributed by atoms with Crippen molar-refractivity contribution in [3.05, 3.63) is 95.8 Å². The molecular weight excluding hydrogens is 473 g/mol. The Morgan fingerprint density at radius 3 is 2.51 bits per heavy atom. The molecule has 3 rings (SSSR count). The van der Waals surface area contributed by atoms with E-state index in [2.05, 4.69) is 4.72 Å². The lowest BCUT2D eigenvalue weighted by Crippen LogP contribution is -2.14. The van der Waals surface area contributed by atoms with Crippen LogP contribution in [0.1, 0.15) is 24.0 Å². The van der Waals surface area contributed by atoms with Gasteiger partial charge in [0.05, 0.1) is 23.3 Å². The van der Waals surface area contributed by atoms with Crippen LogP contribution in [0.15, 0.2) is 83.8 Å². The highest BCUT2D eigenvalue weighted by Crippen LogP contribution is 2.22. The molecule has 0 bridgehead atoms. The molecule has 3 aromatic carbocycles. The minimum absolute atomic E-state index is 0.00704. The fraction of sp³-hybridized carbons (Fsp3) is 0.192. The van der Waals surface area contributed by atoms with Crippen LogP contribution in [0.4, 0.5) is 10.1 Å². The number of nitrogens with one attached hydrogen (secondary N) is 1. The number of carboxylic acid groups (broad SMARTS) is 1. The van der Waals surface area contributed by atoms with Crippen LogP contribution in [-0.2, 0) is 21.2 Å². The second-order valence-corrected chi connectivity index (χ2v) is 9.41. The highest BCUT2D eigenvalue weighted by Gasteiger charge is 2.16. The van der Waals surface area contributed by atoms with Gasteiger partial charge in [0.1, 0.15) is 11.6 Å². The summed E-state index contributed by atoms with van der Waals surface area (Å²) in [6.45, 7) is 0.196. The largest absolute Gasteiger partial charge is 0.493 e. The van der Waals surface area contributed by atoms with E-state index in [4.69, 9.17) is 9.84 Å². The summed E-state index contributed by atoms with van der Waals surface area (Å²) in [5, 5.41) is 19.1. The molecule has 0 aromatic heterocycles. The molecule has 0 aliphatic heterocycles. The van der Waals surface area contributed by atoms with Crippen LogP contribution in [-0.4, -0.2) is 37.3 Å². The molecule has 0 amide bonds. The predicted octanol–water partition coefficient (Wildman–Crippen LogP) is 4.49. The number of aliphatic hydroxyl groups is 1. The van der Waals surface area contributed by atoms with Gasteiger partial charge in [-0.25, -0.2) is 12.8 Å². The molecule has 7 nitrogen and oxygen atoms in total. The minimum Gasteiger partial charge on any atom is -0.493 e. The number of aliphatic hydroxyl groups excluding tert-OH is 1. The Balaban J connectivity index is 1.58. The van der Waals surface area contributed by atoms with Crippen LogP contribution in [0.2, 0.25) is 0 Å². The standard InChI is InChI=1S/C26H26FNO6S/c27-23-14-11-19(18-24(23)28-35(32,33)22-7-2-1-3-8-22)10-13-21(29)16-17-34-25-9-5-4-6-20(25)12-15-26(30)31/h1-11,13-14,18,21,28-29H,12,15-17H2,(H,30,31)/b13-10+/t21-/m0/s1. The lowest BCUT2D eigenvalue weighted by atomic mass is 10.1. The molecule has 3 N–H and O–H groups in total. The number of aryl methyl sites for hydroxylation is 1. The summed E-state index contributed by atoms with van der Waals surface area (Å²) >= 11 is 0. The first-order valence-corrected chi connectivity index (χ1v) is 12.4. The van der Waals surface area contributed by atoms with Gasteiger partial charge in [-0.1, -0.05) is 54.6 Å². The summed E-state index contributed by atoms with van der Waals surface area (Å²) in [7, 11) is -3.95. The molecule has 0 radical (unpaired) electrons. The zero-order chi connectivity index (χ0) is 25.3. The minimum atomic E-state index is -3.95. The highest BCUT2D eigenvalue weighted by molar-refractivity contribution is 7.92. The Hall–Kier alpha value is -3.69. The van der Waals surface area contributed by atoms with Crippen molar-refractivity contribution in [2.24, 2.45) is 0 Å². The number of hydrogen-bond donors (Lipinski definition) is 3. The molecule has 9 heteroatoms. The number of halogens is 1. The number of hydrogen-bond acceptors (Lipinski definition) is 5. The maximum atomic E-state index is 14.2. The average Bonchev–Trinajstić information content (AvgIpc) is 2.84. The third kappa shape index (κ3) is 7.94. The van der Waals surface area contributed by atoms with Gasteiger partial charge < -0.3 is 14.9 Å². The van der Waals surface area contributed by atoms with Crippen molar-refractivity contribution in [3.63, 3.8) is 0 Å². The van der Waals surface area contributed by atoms with E-state index in [9.17, 15) is 22.7 Å². The van der Waals surface area contributed by atoms with Gasteiger partial charge >= 0.3 is 5.97 Å². The molecule has 0 saturated carbocycles. The van der Waals surface area contributed by atoms with Crippen LogP contribution in [0.25, 0.3) is 6.08 Å². The second-order valence-electron chi connectivity index (χ2n) is 7.72. The summed E-state index contributed by atoms with van der Waals surface area (Å²) in [6.07, 6.45) is 2.80. The van der Waals surface area contributed by atoms with E-state index in [1.165, 1.54) is 30.3 Å². The summed E-state index contributed by atoms with van der Waals surface area (Å²) in [5.74, 6) is -1.05. The summed E-state index contributed by atoms with van der Waals surface area (Å²) in [4.78, 5) is 10.8. The SMILES string of the molecule is O=C(O)CCc1ccccc1OCC[C@@H](O)/C=C/c1ccc(F)c(NS(=O)(=O)c2ccccc2)c1. The topological polar surface area (TPSA) is 113 Å². The number of carbonyl (C=O) groups is 1. The van der Waals surface area contributed by atoms with Gasteiger partial charge in [0.2, 0.25) is 0 Å². The molecule has 184 valence electrons. The third-order valence-corrected chi connectivity index (χ3v) is 6.43. The Bertz CT molecular complexity index is 1280. The first kappa shape index (κ1) is 25.9. The first-order valence-electron chi connectivity index (χ1n) is 10.9. The van der Waals surface area contributed by atoms with Gasteiger partial charge in [-0.05, 0) is 47.9 Å². The number of carboxylic acids is 1. The van der Waals surface area contributed by atoms with Crippen molar-refractivity contribution in [2.45, 2.75) is 30.3 Å². The van der Waals surface area contributed by atoms with Gasteiger partial charge in [0.25, 0.3) is 10.0 Å². The summed E-state index contributed by atoms with van der Waals surface area (Å²) in [6, 6.07) is 18.7. The fourth-order valence-electron chi connectivity index (χ4n) is 3.23. The van der Waals surface area contributed by atoms with E-state index in [-0.39, 0.29) is 30.0 Å². The zero-order valence-corrected chi connectivity index (χ0v) is 19.6. The lowest BCUT2D eigenvalue weighted by molar-refractivity contribution is -0.136. The molecule has 0 aliphatic rings. The van der Waals surface area contributed by atoms with Crippen LogP contribution >= 0.6 is 0 Å². The monoisotopic (exact) mass is 499 g/mol. The third-order valence-electron chi connectivity index (χ3n) is 5.05. The number of sulfonamides is 1. The van der Waals surface area contributed by atoms with Crippen molar-refractivity contribution < 1.29 is 32.6 Å². The molecule has 35 heavy (non-hydrogen) atoms. The number of para-hydroxylation sites is 1. The quantitative estimate of drug-likeness (QED) is 0.339. The van der Waals surface area contributed by atoms with Crippen molar-refractivity contribution in [2.75, 3.05) is 11.3 Å². The van der Waals surface area contributed by atoms with Crippen LogP contribution < -0.4 is 9.46 Å². The second kappa shape index (κ2) is 12.1. The predicted molar refractivity (Wildman–Crippen MR) is 131 cm³/mol. The van der Waals surface area contributed by atoms with Gasteiger partial charge in [0.15, 0.2) is 0 Å². The van der Waals surface area contributed by atoms with Crippen molar-refractivity contribution >= 4 is 27.8 Å². The first-order chi connectivity index (χ1) is 16.7. The molecule has 0 fully saturated rings. The van der Waals surface area contributed by atoms with Gasteiger partial charge in [-0.3, -0.25) is 9.52 Å². The van der Waals surface area contributed by atoms with Crippen molar-refractivity contribution in [3.8, 4) is 5.75 Å². The van der Waals surface area contributed by atoms with Gasteiger partial charge in [-0.2, -0.15) is 0 Å². The van der Waals surface area contributed by atoms with E-state index in [0.29, 0.717) is 17.7 Å². The molecule has 0 saturated heterocycles. The van der Waals surface area contributed by atoms with Crippen LogP contribution in [0.5, 0.6) is 5.75 Å². The molecule has 0 unspecified atom stereocenters. The molecule has 1 atom stereocenters. The molecular formula is C26H26FNO6S. The van der Waals surface area contributed by atoms with E-state index < -0.39 is 27.9 Å². The van der Waals surface area contributed by atoms with Crippen molar-refractivity contribution in [1.29, 1.82) is 0 Å². The van der Waals surface area contributed by atoms with Gasteiger partial charge in [0, 0.05) is 12.8 Å². The lowest BCUT2D eigenvalue weighted by Gasteiger charge is -2.12. The molecule has 0 heterocycles. The smallest absolute Gasteiger partial charge is 0.303 e. The maximum Gasteiger partial charge on any atom is 0.303 e. The molecule has 3 aromatic rings. The Morgan fingerprint density at radius 1 is 1.06 bits per heavy atom. The van der Waals surface area contributed by atoms with Gasteiger partial charge in [-0.15, -0.1) is 0 Å². The van der Waals surface area contributed by atoms with Crippen LogP contribution in [0, 0.1) is 5.82 Å². The van der Waals surface area contributed by atoms with E-state index in [1.807, 2.05) is 0 Å². The van der Waals surface area contributed by atoms with Crippen LogP contribution in [0.3, 0.4) is 0 Å². The van der Waals surface area contributed by atoms with E-state index >= 15 is 0 Å².